The fraction of sp³-hybridized carbons (Fsp3) is 0.235. The van der Waals surface area contributed by atoms with Gasteiger partial charge in [0, 0.05) is 17.8 Å². The molecule has 0 aliphatic rings. The van der Waals surface area contributed by atoms with E-state index in [4.69, 9.17) is 9.84 Å². The van der Waals surface area contributed by atoms with Crippen LogP contribution in [-0.2, 0) is 6.54 Å². The van der Waals surface area contributed by atoms with Gasteiger partial charge in [0.1, 0.15) is 5.75 Å². The van der Waals surface area contributed by atoms with Gasteiger partial charge in [0.25, 0.3) is 0 Å². The van der Waals surface area contributed by atoms with Gasteiger partial charge in [-0.2, -0.15) is 0 Å². The summed E-state index contributed by atoms with van der Waals surface area (Å²) in [4.78, 5) is 11.1. The van der Waals surface area contributed by atoms with Crippen LogP contribution in [0.3, 0.4) is 0 Å². The van der Waals surface area contributed by atoms with Crippen molar-refractivity contribution in [1.29, 1.82) is 0 Å². The predicted octanol–water partition coefficient (Wildman–Crippen LogP) is 3.62. The van der Waals surface area contributed by atoms with Crippen molar-refractivity contribution >= 4 is 11.7 Å². The number of nitrogens with one attached hydrogen (secondary N) is 1. The molecule has 0 aromatic heterocycles. The molecule has 0 saturated carbocycles. The van der Waals surface area contributed by atoms with Gasteiger partial charge < -0.3 is 15.2 Å². The molecule has 2 aromatic rings. The number of aromatic carboxylic acids is 1. The number of methoxy groups -OCH3 is 1. The van der Waals surface area contributed by atoms with Gasteiger partial charge in [0.15, 0.2) is 0 Å². The van der Waals surface area contributed by atoms with Crippen LogP contribution in [0.2, 0.25) is 0 Å². The zero-order valence-corrected chi connectivity index (χ0v) is 12.4. The molecular formula is C17H19NO3. The third-order valence-corrected chi connectivity index (χ3v) is 3.47. The van der Waals surface area contributed by atoms with Gasteiger partial charge in [-0.1, -0.05) is 23.8 Å². The SMILES string of the molecule is COc1ccc(C)cc1CNc1cccc(C(=O)O)c1C. The minimum absolute atomic E-state index is 0.316. The maximum Gasteiger partial charge on any atom is 0.336 e. The molecule has 0 bridgehead atoms. The van der Waals surface area contributed by atoms with E-state index in [9.17, 15) is 4.79 Å². The van der Waals surface area contributed by atoms with E-state index >= 15 is 0 Å². The first-order valence-corrected chi connectivity index (χ1v) is 6.73. The molecule has 2 N–H and O–H groups in total. The molecule has 110 valence electrons. The second-order valence-corrected chi connectivity index (χ2v) is 4.95. The van der Waals surface area contributed by atoms with Crippen molar-refractivity contribution < 1.29 is 14.6 Å². The van der Waals surface area contributed by atoms with Gasteiger partial charge in [-0.05, 0) is 37.6 Å². The second-order valence-electron chi connectivity index (χ2n) is 4.95. The van der Waals surface area contributed by atoms with Crippen molar-refractivity contribution in [2.24, 2.45) is 0 Å². The first kappa shape index (κ1) is 14.9. The number of carbonyl (C=O) groups is 1. The van der Waals surface area contributed by atoms with Crippen LogP contribution < -0.4 is 10.1 Å². The van der Waals surface area contributed by atoms with Gasteiger partial charge in [0.05, 0.1) is 12.7 Å². The lowest BCUT2D eigenvalue weighted by Gasteiger charge is -2.14. The Morgan fingerprint density at radius 3 is 2.67 bits per heavy atom. The molecule has 0 aliphatic carbocycles. The molecule has 0 fully saturated rings. The number of hydrogen-bond acceptors (Lipinski definition) is 3. The molecule has 0 aliphatic heterocycles. The molecule has 0 amide bonds. The zero-order chi connectivity index (χ0) is 15.4. The number of rotatable bonds is 5. The molecule has 0 heterocycles. The van der Waals surface area contributed by atoms with Gasteiger partial charge in [-0.3, -0.25) is 0 Å². The Labute approximate surface area is 124 Å². The average molecular weight is 285 g/mol. The lowest BCUT2D eigenvalue weighted by molar-refractivity contribution is 0.0696. The van der Waals surface area contributed by atoms with Crippen molar-refractivity contribution in [3.63, 3.8) is 0 Å². The molecule has 2 aromatic carbocycles. The molecular weight excluding hydrogens is 266 g/mol. The molecule has 0 unspecified atom stereocenters. The van der Waals surface area contributed by atoms with Crippen LogP contribution >= 0.6 is 0 Å². The van der Waals surface area contributed by atoms with E-state index in [2.05, 4.69) is 11.4 Å². The summed E-state index contributed by atoms with van der Waals surface area (Å²) in [6, 6.07) is 11.2. The van der Waals surface area contributed by atoms with Crippen LogP contribution in [0, 0.1) is 13.8 Å². The fourth-order valence-electron chi connectivity index (χ4n) is 2.29. The molecule has 21 heavy (non-hydrogen) atoms. The largest absolute Gasteiger partial charge is 0.496 e. The Bertz CT molecular complexity index is 665. The summed E-state index contributed by atoms with van der Waals surface area (Å²) < 4.78 is 5.35. The standard InChI is InChI=1S/C17H19NO3/c1-11-7-8-16(21-3)13(9-11)10-18-15-6-4-5-14(12(15)2)17(19)20/h4-9,18H,10H2,1-3H3,(H,19,20). The van der Waals surface area contributed by atoms with E-state index in [-0.39, 0.29) is 0 Å². The normalized spacial score (nSPS) is 10.2. The maximum atomic E-state index is 11.1. The van der Waals surface area contributed by atoms with Crippen LogP contribution in [-0.4, -0.2) is 18.2 Å². The van der Waals surface area contributed by atoms with E-state index in [1.807, 2.05) is 25.1 Å². The van der Waals surface area contributed by atoms with E-state index in [1.54, 1.807) is 26.2 Å². The predicted molar refractivity (Wildman–Crippen MR) is 83.2 cm³/mol. The Hall–Kier alpha value is -2.49. The Morgan fingerprint density at radius 1 is 1.24 bits per heavy atom. The van der Waals surface area contributed by atoms with Crippen LogP contribution in [0.1, 0.15) is 27.0 Å². The van der Waals surface area contributed by atoms with Crippen LogP contribution in [0.15, 0.2) is 36.4 Å². The fourth-order valence-corrected chi connectivity index (χ4v) is 2.29. The second kappa shape index (κ2) is 6.31. The van der Waals surface area contributed by atoms with E-state index < -0.39 is 5.97 Å². The number of ether oxygens (including phenoxy) is 1. The summed E-state index contributed by atoms with van der Waals surface area (Å²) in [7, 11) is 1.64. The third kappa shape index (κ3) is 3.34. The zero-order valence-electron chi connectivity index (χ0n) is 12.4. The van der Waals surface area contributed by atoms with Crippen LogP contribution in [0.5, 0.6) is 5.75 Å². The number of aryl methyl sites for hydroxylation is 1. The molecule has 0 saturated heterocycles. The summed E-state index contributed by atoms with van der Waals surface area (Å²) in [5.74, 6) is -0.0931. The molecule has 4 nitrogen and oxygen atoms in total. The highest BCUT2D eigenvalue weighted by atomic mass is 16.5. The van der Waals surface area contributed by atoms with Gasteiger partial charge in [0.2, 0.25) is 0 Å². The monoisotopic (exact) mass is 285 g/mol. The lowest BCUT2D eigenvalue weighted by atomic mass is 10.1. The molecule has 0 radical (unpaired) electrons. The number of hydrogen-bond donors (Lipinski definition) is 2. The van der Waals surface area contributed by atoms with Crippen molar-refractivity contribution in [3.8, 4) is 5.75 Å². The van der Waals surface area contributed by atoms with Crippen LogP contribution in [0.4, 0.5) is 5.69 Å². The number of carboxylic acid groups (broad SMARTS) is 1. The highest BCUT2D eigenvalue weighted by molar-refractivity contribution is 5.91. The van der Waals surface area contributed by atoms with E-state index in [1.165, 1.54) is 0 Å². The van der Waals surface area contributed by atoms with Crippen molar-refractivity contribution in [1.82, 2.24) is 0 Å². The quantitative estimate of drug-likeness (QED) is 0.881. The van der Waals surface area contributed by atoms with E-state index in [0.29, 0.717) is 12.1 Å². The Balaban J connectivity index is 2.23. The Morgan fingerprint density at radius 2 is 2.00 bits per heavy atom. The summed E-state index contributed by atoms with van der Waals surface area (Å²) in [6.45, 7) is 4.41. The lowest BCUT2D eigenvalue weighted by Crippen LogP contribution is -2.06. The van der Waals surface area contributed by atoms with Crippen LogP contribution in [0.25, 0.3) is 0 Å². The summed E-state index contributed by atoms with van der Waals surface area (Å²) in [6.07, 6.45) is 0. The first-order valence-electron chi connectivity index (χ1n) is 6.73. The molecule has 2 rings (SSSR count). The number of anilines is 1. The maximum absolute atomic E-state index is 11.1. The summed E-state index contributed by atoms with van der Waals surface area (Å²) in [5, 5.41) is 12.4. The highest BCUT2D eigenvalue weighted by Crippen LogP contribution is 2.23. The van der Waals surface area contributed by atoms with Gasteiger partial charge in [-0.25, -0.2) is 4.79 Å². The van der Waals surface area contributed by atoms with Crippen molar-refractivity contribution in [2.45, 2.75) is 20.4 Å². The van der Waals surface area contributed by atoms with Crippen molar-refractivity contribution in [3.05, 3.63) is 58.7 Å². The van der Waals surface area contributed by atoms with E-state index in [0.717, 1.165) is 28.1 Å². The first-order chi connectivity index (χ1) is 10.0. The molecule has 0 spiro atoms. The topological polar surface area (TPSA) is 58.6 Å². The summed E-state index contributed by atoms with van der Waals surface area (Å²) >= 11 is 0. The van der Waals surface area contributed by atoms with Crippen molar-refractivity contribution in [2.75, 3.05) is 12.4 Å². The smallest absolute Gasteiger partial charge is 0.336 e. The molecule has 4 heteroatoms. The number of benzene rings is 2. The minimum atomic E-state index is -0.913. The average Bonchev–Trinajstić information content (AvgIpc) is 2.46. The third-order valence-electron chi connectivity index (χ3n) is 3.47. The van der Waals surface area contributed by atoms with Gasteiger partial charge >= 0.3 is 5.97 Å². The Kier molecular flexibility index (Phi) is 4.48. The van der Waals surface area contributed by atoms with Gasteiger partial charge in [-0.15, -0.1) is 0 Å². The summed E-state index contributed by atoms with van der Waals surface area (Å²) in [5.41, 5.74) is 4.06. The highest BCUT2D eigenvalue weighted by Gasteiger charge is 2.10. The molecule has 0 atom stereocenters. The minimum Gasteiger partial charge on any atom is -0.496 e. The number of carboxylic acids is 1.